The lowest BCUT2D eigenvalue weighted by Gasteiger charge is -2.27. The van der Waals surface area contributed by atoms with Crippen molar-refractivity contribution in [2.24, 2.45) is 0 Å². The average molecular weight is 394 g/mol. The van der Waals surface area contributed by atoms with Crippen LogP contribution in [0.2, 0.25) is 0 Å². The second kappa shape index (κ2) is 7.38. The van der Waals surface area contributed by atoms with E-state index in [0.717, 1.165) is 10.5 Å². The van der Waals surface area contributed by atoms with Crippen molar-refractivity contribution in [3.05, 3.63) is 59.2 Å². The molecule has 1 N–H and O–H groups in total. The topological polar surface area (TPSA) is 102 Å². The van der Waals surface area contributed by atoms with Gasteiger partial charge in [0.05, 0.1) is 18.2 Å². The Morgan fingerprint density at radius 2 is 1.86 bits per heavy atom. The van der Waals surface area contributed by atoms with Crippen molar-refractivity contribution in [1.82, 2.24) is 10.2 Å². The lowest BCUT2D eigenvalue weighted by Crippen LogP contribution is -2.54. The monoisotopic (exact) mass is 394 g/mol. The van der Waals surface area contributed by atoms with Crippen LogP contribution in [0.3, 0.4) is 0 Å². The first-order valence-electron chi connectivity index (χ1n) is 9.10. The maximum absolute atomic E-state index is 13.0. The third-order valence-electron chi connectivity index (χ3n) is 4.96. The molecule has 0 radical (unpaired) electrons. The molecular weight excluding hydrogens is 376 g/mol. The summed E-state index contributed by atoms with van der Waals surface area (Å²) in [7, 11) is 1.57. The van der Waals surface area contributed by atoms with E-state index in [1.54, 1.807) is 19.2 Å². The van der Waals surface area contributed by atoms with Crippen LogP contribution in [-0.4, -0.2) is 41.7 Å². The Morgan fingerprint density at radius 1 is 1.07 bits per heavy atom. The van der Waals surface area contributed by atoms with Crippen molar-refractivity contribution in [2.75, 3.05) is 7.11 Å². The van der Waals surface area contributed by atoms with E-state index in [1.165, 1.54) is 6.07 Å². The first-order valence-corrected chi connectivity index (χ1v) is 9.10. The Morgan fingerprint density at radius 3 is 2.62 bits per heavy atom. The first-order chi connectivity index (χ1) is 14.0. The molecular formula is C21H18N2O6. The number of piperidine rings is 1. The molecule has 4 amide bonds. The van der Waals surface area contributed by atoms with Crippen LogP contribution >= 0.6 is 0 Å². The molecule has 1 fully saturated rings. The van der Waals surface area contributed by atoms with Crippen LogP contribution in [0.5, 0.6) is 11.5 Å². The lowest BCUT2D eigenvalue weighted by atomic mass is 10.0. The second-order valence-electron chi connectivity index (χ2n) is 6.77. The SMILES string of the molecule is COc1cccc(COc2cccc3c2C(=O)N(C2CCC(=O)NC2=O)C3=O)c1. The van der Waals surface area contributed by atoms with Crippen molar-refractivity contribution in [1.29, 1.82) is 0 Å². The minimum Gasteiger partial charge on any atom is -0.497 e. The fraction of sp³-hybridized carbons (Fsp3) is 0.238. The molecule has 29 heavy (non-hydrogen) atoms. The van der Waals surface area contributed by atoms with Crippen molar-refractivity contribution in [3.63, 3.8) is 0 Å². The van der Waals surface area contributed by atoms with E-state index in [0.29, 0.717) is 5.75 Å². The van der Waals surface area contributed by atoms with Gasteiger partial charge in [0.2, 0.25) is 11.8 Å². The van der Waals surface area contributed by atoms with Crippen molar-refractivity contribution in [3.8, 4) is 11.5 Å². The summed E-state index contributed by atoms with van der Waals surface area (Å²) in [6.07, 6.45) is 0.180. The highest BCUT2D eigenvalue weighted by Gasteiger charge is 2.45. The molecule has 8 heteroatoms. The number of amides is 4. The summed E-state index contributed by atoms with van der Waals surface area (Å²) in [5, 5.41) is 2.18. The van der Waals surface area contributed by atoms with Crippen LogP contribution in [0.15, 0.2) is 42.5 Å². The van der Waals surface area contributed by atoms with Gasteiger partial charge in [-0.15, -0.1) is 0 Å². The van der Waals surface area contributed by atoms with Gasteiger partial charge in [-0.25, -0.2) is 0 Å². The van der Waals surface area contributed by atoms with Crippen LogP contribution in [0.4, 0.5) is 0 Å². The van der Waals surface area contributed by atoms with E-state index < -0.39 is 29.7 Å². The highest BCUT2D eigenvalue weighted by atomic mass is 16.5. The number of methoxy groups -OCH3 is 1. The zero-order valence-corrected chi connectivity index (χ0v) is 15.6. The van der Waals surface area contributed by atoms with Crippen LogP contribution in [0.25, 0.3) is 0 Å². The normalized spacial score (nSPS) is 18.5. The fourth-order valence-electron chi connectivity index (χ4n) is 3.53. The molecule has 2 aromatic rings. The second-order valence-corrected chi connectivity index (χ2v) is 6.77. The molecule has 4 rings (SSSR count). The summed E-state index contributed by atoms with van der Waals surface area (Å²) in [5.41, 5.74) is 1.15. The molecule has 0 spiro atoms. The van der Waals surface area contributed by atoms with Gasteiger partial charge < -0.3 is 9.47 Å². The van der Waals surface area contributed by atoms with Gasteiger partial charge in [-0.2, -0.15) is 0 Å². The number of carbonyl (C=O) groups is 4. The van der Waals surface area contributed by atoms with E-state index in [2.05, 4.69) is 5.32 Å². The number of hydrogen-bond donors (Lipinski definition) is 1. The predicted octanol–water partition coefficient (Wildman–Crippen LogP) is 1.68. The number of nitrogens with one attached hydrogen (secondary N) is 1. The Labute approximate surface area is 166 Å². The van der Waals surface area contributed by atoms with Crippen molar-refractivity contribution in [2.45, 2.75) is 25.5 Å². The van der Waals surface area contributed by atoms with E-state index >= 15 is 0 Å². The zero-order valence-electron chi connectivity index (χ0n) is 15.6. The molecule has 2 aromatic carbocycles. The Kier molecular flexibility index (Phi) is 4.75. The summed E-state index contributed by atoms with van der Waals surface area (Å²) in [6.45, 7) is 0.174. The van der Waals surface area contributed by atoms with E-state index in [4.69, 9.17) is 9.47 Å². The summed E-state index contributed by atoms with van der Waals surface area (Å²) < 4.78 is 11.0. The number of nitrogens with zero attached hydrogens (tertiary/aromatic N) is 1. The van der Waals surface area contributed by atoms with Crippen LogP contribution in [0, 0.1) is 0 Å². The minimum absolute atomic E-state index is 0.0724. The summed E-state index contributed by atoms with van der Waals surface area (Å²) in [6, 6.07) is 11.1. The van der Waals surface area contributed by atoms with Gasteiger partial charge in [-0.1, -0.05) is 18.2 Å². The third-order valence-corrected chi connectivity index (χ3v) is 4.96. The number of hydrogen-bond acceptors (Lipinski definition) is 6. The molecule has 1 atom stereocenters. The van der Waals surface area contributed by atoms with Gasteiger partial charge in [0.25, 0.3) is 11.8 Å². The largest absolute Gasteiger partial charge is 0.497 e. The number of imide groups is 2. The predicted molar refractivity (Wildman–Crippen MR) is 100 cm³/mol. The summed E-state index contributed by atoms with van der Waals surface area (Å²) >= 11 is 0. The Hall–Kier alpha value is -3.68. The van der Waals surface area contributed by atoms with Gasteiger partial charge in [0, 0.05) is 6.42 Å². The van der Waals surface area contributed by atoms with Gasteiger partial charge in [-0.3, -0.25) is 29.4 Å². The molecule has 1 saturated heterocycles. The summed E-state index contributed by atoms with van der Waals surface area (Å²) in [5.74, 6) is -1.27. The number of rotatable bonds is 5. The maximum atomic E-state index is 13.0. The molecule has 2 heterocycles. The molecule has 0 bridgehead atoms. The van der Waals surface area contributed by atoms with Crippen LogP contribution < -0.4 is 14.8 Å². The minimum atomic E-state index is -1.01. The molecule has 8 nitrogen and oxygen atoms in total. The molecule has 0 aliphatic carbocycles. The van der Waals surface area contributed by atoms with Crippen LogP contribution in [0.1, 0.15) is 39.1 Å². The van der Waals surface area contributed by atoms with Crippen molar-refractivity contribution >= 4 is 23.6 Å². The first kappa shape index (κ1) is 18.7. The number of fused-ring (bicyclic) bond motifs is 1. The number of carbonyl (C=O) groups excluding carboxylic acids is 4. The molecule has 148 valence electrons. The van der Waals surface area contributed by atoms with Gasteiger partial charge >= 0.3 is 0 Å². The zero-order chi connectivity index (χ0) is 20.5. The number of benzene rings is 2. The quantitative estimate of drug-likeness (QED) is 0.774. The molecule has 2 aliphatic rings. The third kappa shape index (κ3) is 3.33. The molecule has 0 aromatic heterocycles. The Balaban J connectivity index is 1.59. The van der Waals surface area contributed by atoms with Gasteiger partial charge in [0.15, 0.2) is 0 Å². The lowest BCUT2D eigenvalue weighted by molar-refractivity contribution is -0.136. The molecule has 2 aliphatic heterocycles. The van der Waals surface area contributed by atoms with E-state index in [9.17, 15) is 19.2 Å². The van der Waals surface area contributed by atoms with E-state index in [-0.39, 0.29) is 36.3 Å². The standard InChI is InChI=1S/C21H18N2O6/c1-28-13-5-2-4-12(10-13)11-29-16-7-3-6-14-18(16)21(27)23(20(14)26)15-8-9-17(24)22-19(15)25/h2-7,10,15H,8-9,11H2,1H3,(H,22,24,25). The van der Waals surface area contributed by atoms with E-state index in [1.807, 2.05) is 24.3 Å². The number of ether oxygens (including phenoxy) is 2. The molecule has 0 saturated carbocycles. The summed E-state index contributed by atoms with van der Waals surface area (Å²) in [4.78, 5) is 50.3. The smallest absolute Gasteiger partial charge is 0.266 e. The fourth-order valence-corrected chi connectivity index (χ4v) is 3.53. The van der Waals surface area contributed by atoms with Gasteiger partial charge in [0.1, 0.15) is 24.1 Å². The highest BCUT2D eigenvalue weighted by Crippen LogP contribution is 2.34. The maximum Gasteiger partial charge on any atom is 0.266 e. The van der Waals surface area contributed by atoms with Gasteiger partial charge in [-0.05, 0) is 36.2 Å². The highest BCUT2D eigenvalue weighted by molar-refractivity contribution is 6.24. The molecule has 1 unspecified atom stereocenters. The van der Waals surface area contributed by atoms with Crippen molar-refractivity contribution < 1.29 is 28.7 Å². The Bertz CT molecular complexity index is 1030. The van der Waals surface area contributed by atoms with Crippen LogP contribution in [-0.2, 0) is 16.2 Å². The average Bonchev–Trinajstić information content (AvgIpc) is 2.98.